The zero-order chi connectivity index (χ0) is 23.8. The van der Waals surface area contributed by atoms with Crippen LogP contribution in [0.1, 0.15) is 30.2 Å². The molecule has 1 atom stereocenters. The van der Waals surface area contributed by atoms with E-state index in [0.717, 1.165) is 36.2 Å². The lowest BCUT2D eigenvalue weighted by atomic mass is 9.89. The molecule has 4 rings (SSSR count). The van der Waals surface area contributed by atoms with Gasteiger partial charge in [-0.05, 0) is 43.0 Å². The van der Waals surface area contributed by atoms with E-state index in [1.807, 2.05) is 6.08 Å². The molecule has 174 valence electrons. The lowest BCUT2D eigenvalue weighted by Gasteiger charge is -2.18. The van der Waals surface area contributed by atoms with Crippen molar-refractivity contribution in [2.24, 2.45) is 5.92 Å². The Bertz CT molecular complexity index is 1180. The van der Waals surface area contributed by atoms with E-state index in [2.05, 4.69) is 32.9 Å². The Labute approximate surface area is 184 Å². The minimum Gasteiger partial charge on any atom is -0.483 e. The van der Waals surface area contributed by atoms with Crippen molar-refractivity contribution in [3.8, 4) is 28.6 Å². The van der Waals surface area contributed by atoms with Crippen molar-refractivity contribution in [3.05, 3.63) is 53.4 Å². The zero-order valence-corrected chi connectivity index (χ0v) is 17.2. The molecule has 0 N–H and O–H groups in total. The minimum absolute atomic E-state index is 0.107. The van der Waals surface area contributed by atoms with E-state index < -0.39 is 30.3 Å². The van der Waals surface area contributed by atoms with E-state index in [-0.39, 0.29) is 17.3 Å². The normalized spacial score (nSPS) is 16.0. The molecule has 0 aliphatic heterocycles. The van der Waals surface area contributed by atoms with Gasteiger partial charge in [0, 0.05) is 28.6 Å². The standard InChI is InChI=1S/C22H17F6N3O2/c1-2-12-3-5-14-15(7-8-29-17(14)9-12)19-30-20(33-31-19)13-4-6-18(32-11-21(23,24)25)16(10-13)22(26,27)28/h3-8,10,12H,2,9,11H2,1H3. The first-order valence-corrected chi connectivity index (χ1v) is 9.96. The van der Waals surface area contributed by atoms with Crippen LogP contribution >= 0.6 is 0 Å². The molecule has 1 aliphatic carbocycles. The quantitative estimate of drug-likeness (QED) is 0.408. The summed E-state index contributed by atoms with van der Waals surface area (Å²) < 4.78 is 87.0. The van der Waals surface area contributed by atoms with E-state index in [9.17, 15) is 26.3 Å². The number of hydrogen-bond acceptors (Lipinski definition) is 5. The van der Waals surface area contributed by atoms with Crippen LogP contribution in [-0.2, 0) is 12.6 Å². The highest BCUT2D eigenvalue weighted by atomic mass is 19.4. The third-order valence-corrected chi connectivity index (χ3v) is 5.18. The molecule has 0 radical (unpaired) electrons. The lowest BCUT2D eigenvalue weighted by molar-refractivity contribution is -0.158. The predicted octanol–water partition coefficient (Wildman–Crippen LogP) is 6.35. The number of alkyl halides is 6. The first-order valence-electron chi connectivity index (χ1n) is 9.96. The van der Waals surface area contributed by atoms with E-state index >= 15 is 0 Å². The molecule has 0 saturated heterocycles. The number of halogens is 6. The van der Waals surface area contributed by atoms with Crippen LogP contribution in [-0.4, -0.2) is 27.9 Å². The van der Waals surface area contributed by atoms with Gasteiger partial charge >= 0.3 is 12.4 Å². The molecule has 11 heteroatoms. The van der Waals surface area contributed by atoms with Gasteiger partial charge in [-0.1, -0.05) is 24.2 Å². The molecule has 1 aliphatic rings. The molecule has 0 fully saturated rings. The third-order valence-electron chi connectivity index (χ3n) is 5.18. The van der Waals surface area contributed by atoms with Crippen molar-refractivity contribution >= 4 is 6.08 Å². The number of allylic oxidation sites excluding steroid dienone is 1. The molecule has 1 unspecified atom stereocenters. The fourth-order valence-corrected chi connectivity index (χ4v) is 3.51. The molecule has 1 aromatic carbocycles. The highest BCUT2D eigenvalue weighted by molar-refractivity contribution is 5.74. The summed E-state index contributed by atoms with van der Waals surface area (Å²) in [5.41, 5.74) is 0.797. The van der Waals surface area contributed by atoms with Gasteiger partial charge in [0.1, 0.15) is 5.75 Å². The van der Waals surface area contributed by atoms with Crippen LogP contribution in [0, 0.1) is 5.92 Å². The van der Waals surface area contributed by atoms with Crippen molar-refractivity contribution in [3.63, 3.8) is 0 Å². The third kappa shape index (κ3) is 5.01. The van der Waals surface area contributed by atoms with Crippen LogP contribution in [0.4, 0.5) is 26.3 Å². The number of nitrogens with zero attached hydrogens (tertiary/aromatic N) is 3. The molecule has 2 heterocycles. The lowest BCUT2D eigenvalue weighted by Crippen LogP contribution is -2.20. The second-order valence-electron chi connectivity index (χ2n) is 7.49. The molecule has 0 bridgehead atoms. The number of hydrogen-bond donors (Lipinski definition) is 0. The van der Waals surface area contributed by atoms with E-state index in [1.54, 1.807) is 12.3 Å². The molecule has 0 saturated carbocycles. The van der Waals surface area contributed by atoms with Gasteiger partial charge in [-0.3, -0.25) is 4.98 Å². The average Bonchev–Trinajstić information content (AvgIpc) is 3.25. The van der Waals surface area contributed by atoms with Crippen molar-refractivity contribution in [1.29, 1.82) is 0 Å². The Morgan fingerprint density at radius 3 is 2.61 bits per heavy atom. The maximum atomic E-state index is 13.4. The molecule has 5 nitrogen and oxygen atoms in total. The fraction of sp³-hybridized carbons (Fsp3) is 0.318. The van der Waals surface area contributed by atoms with Crippen LogP contribution in [0.5, 0.6) is 5.75 Å². The molecule has 2 aromatic heterocycles. The van der Waals surface area contributed by atoms with Crippen LogP contribution in [0.25, 0.3) is 28.9 Å². The van der Waals surface area contributed by atoms with Gasteiger partial charge in [0.15, 0.2) is 6.61 Å². The van der Waals surface area contributed by atoms with Crippen molar-refractivity contribution < 1.29 is 35.6 Å². The fourth-order valence-electron chi connectivity index (χ4n) is 3.51. The number of rotatable bonds is 5. The Morgan fingerprint density at radius 1 is 1.12 bits per heavy atom. The number of aromatic nitrogens is 3. The summed E-state index contributed by atoms with van der Waals surface area (Å²) >= 11 is 0. The van der Waals surface area contributed by atoms with E-state index in [1.165, 1.54) is 0 Å². The van der Waals surface area contributed by atoms with Crippen molar-refractivity contribution in [2.45, 2.75) is 32.1 Å². The second-order valence-corrected chi connectivity index (χ2v) is 7.49. The SMILES string of the molecule is CCC1C=Cc2c(-c3noc(-c4ccc(OCC(F)(F)F)c(C(F)(F)F)c4)n3)ccnc2C1. The van der Waals surface area contributed by atoms with Gasteiger partial charge < -0.3 is 9.26 Å². The first-order chi connectivity index (χ1) is 15.5. The van der Waals surface area contributed by atoms with Gasteiger partial charge in [-0.25, -0.2) is 0 Å². The summed E-state index contributed by atoms with van der Waals surface area (Å²) in [5.74, 6) is -0.633. The van der Waals surface area contributed by atoms with Crippen LogP contribution in [0.2, 0.25) is 0 Å². The maximum Gasteiger partial charge on any atom is 0.422 e. The van der Waals surface area contributed by atoms with Crippen molar-refractivity contribution in [2.75, 3.05) is 6.61 Å². The summed E-state index contributed by atoms with van der Waals surface area (Å²) in [4.78, 5) is 8.60. The summed E-state index contributed by atoms with van der Waals surface area (Å²) in [6.45, 7) is 0.226. The van der Waals surface area contributed by atoms with Gasteiger partial charge in [-0.2, -0.15) is 31.3 Å². The summed E-state index contributed by atoms with van der Waals surface area (Å²) in [5, 5.41) is 3.88. The monoisotopic (exact) mass is 469 g/mol. The molecule has 33 heavy (non-hydrogen) atoms. The number of benzene rings is 1. The second kappa shape index (κ2) is 8.53. The van der Waals surface area contributed by atoms with E-state index in [0.29, 0.717) is 17.5 Å². The topological polar surface area (TPSA) is 61.0 Å². The molecular formula is C22H17F6N3O2. The highest BCUT2D eigenvalue weighted by Crippen LogP contribution is 2.39. The zero-order valence-electron chi connectivity index (χ0n) is 17.2. The Hall–Kier alpha value is -3.37. The van der Waals surface area contributed by atoms with Crippen LogP contribution < -0.4 is 4.74 Å². The van der Waals surface area contributed by atoms with Gasteiger partial charge in [-0.15, -0.1) is 0 Å². The molecule has 0 amide bonds. The summed E-state index contributed by atoms with van der Waals surface area (Å²) in [7, 11) is 0. The molecular weight excluding hydrogens is 452 g/mol. The van der Waals surface area contributed by atoms with Crippen LogP contribution in [0.15, 0.2) is 41.1 Å². The Morgan fingerprint density at radius 2 is 1.91 bits per heavy atom. The largest absolute Gasteiger partial charge is 0.483 e. The Balaban J connectivity index is 1.67. The average molecular weight is 469 g/mol. The van der Waals surface area contributed by atoms with Crippen molar-refractivity contribution in [1.82, 2.24) is 15.1 Å². The van der Waals surface area contributed by atoms with E-state index in [4.69, 9.17) is 4.52 Å². The highest BCUT2D eigenvalue weighted by Gasteiger charge is 2.37. The Kier molecular flexibility index (Phi) is 5.89. The summed E-state index contributed by atoms with van der Waals surface area (Å²) in [6.07, 6.45) is -2.45. The number of ether oxygens (including phenoxy) is 1. The van der Waals surface area contributed by atoms with Gasteiger partial charge in [0.25, 0.3) is 5.89 Å². The first kappa shape index (κ1) is 22.8. The van der Waals surface area contributed by atoms with Crippen LogP contribution in [0.3, 0.4) is 0 Å². The maximum absolute atomic E-state index is 13.4. The smallest absolute Gasteiger partial charge is 0.422 e. The summed E-state index contributed by atoms with van der Waals surface area (Å²) in [6, 6.07) is 4.23. The predicted molar refractivity (Wildman–Crippen MR) is 106 cm³/mol. The molecule has 3 aromatic rings. The van der Waals surface area contributed by atoms with Gasteiger partial charge in [0.2, 0.25) is 5.82 Å². The number of fused-ring (bicyclic) bond motifs is 1. The minimum atomic E-state index is -4.95. The number of pyridine rings is 1. The molecule has 0 spiro atoms. The van der Waals surface area contributed by atoms with Gasteiger partial charge in [0.05, 0.1) is 5.56 Å².